The zero-order valence-corrected chi connectivity index (χ0v) is 12.7. The summed E-state index contributed by atoms with van der Waals surface area (Å²) in [6, 6.07) is 5.35. The summed E-state index contributed by atoms with van der Waals surface area (Å²) in [6.45, 7) is 1.93. The second-order valence-corrected chi connectivity index (χ2v) is 5.63. The first-order chi connectivity index (χ1) is 9.60. The highest BCUT2D eigenvalue weighted by molar-refractivity contribution is 6.31. The lowest BCUT2D eigenvalue weighted by atomic mass is 9.92. The normalized spacial score (nSPS) is 22.4. The average Bonchev–Trinajstić information content (AvgIpc) is 2.43. The number of anilines is 1. The third-order valence-electron chi connectivity index (χ3n) is 3.75. The van der Waals surface area contributed by atoms with E-state index in [1.54, 1.807) is 13.2 Å². The number of amides is 2. The first kappa shape index (κ1) is 15.1. The highest BCUT2D eigenvalue weighted by Crippen LogP contribution is 2.22. The lowest BCUT2D eigenvalue weighted by molar-refractivity contribution is 0.0459. The third-order valence-corrected chi connectivity index (χ3v) is 4.16. The van der Waals surface area contributed by atoms with E-state index in [-0.39, 0.29) is 18.2 Å². The summed E-state index contributed by atoms with van der Waals surface area (Å²) in [5.74, 6) is 0. The molecule has 0 bridgehead atoms. The molecule has 0 aliphatic heterocycles. The molecule has 1 aliphatic rings. The fourth-order valence-corrected chi connectivity index (χ4v) is 2.73. The zero-order chi connectivity index (χ0) is 14.5. The summed E-state index contributed by atoms with van der Waals surface area (Å²) in [4.78, 5) is 12.0. The number of carbonyl (C=O) groups excluding carboxylic acids is 1. The van der Waals surface area contributed by atoms with Crippen molar-refractivity contribution in [1.29, 1.82) is 0 Å². The van der Waals surface area contributed by atoms with Crippen LogP contribution in [-0.2, 0) is 4.74 Å². The Kier molecular flexibility index (Phi) is 5.26. The summed E-state index contributed by atoms with van der Waals surface area (Å²) in [7, 11) is 1.70. The Hall–Kier alpha value is -1.26. The molecule has 110 valence electrons. The van der Waals surface area contributed by atoms with Gasteiger partial charge in [0.15, 0.2) is 0 Å². The molecule has 2 atom stereocenters. The number of methoxy groups -OCH3 is 1. The van der Waals surface area contributed by atoms with Crippen molar-refractivity contribution < 1.29 is 9.53 Å². The number of halogens is 1. The second-order valence-electron chi connectivity index (χ2n) is 5.23. The third kappa shape index (κ3) is 3.87. The molecule has 2 rings (SSSR count). The van der Waals surface area contributed by atoms with Gasteiger partial charge in [-0.25, -0.2) is 4.79 Å². The quantitative estimate of drug-likeness (QED) is 0.893. The Balaban J connectivity index is 1.92. The molecule has 0 heterocycles. The van der Waals surface area contributed by atoms with Gasteiger partial charge in [-0.3, -0.25) is 0 Å². The van der Waals surface area contributed by atoms with Crippen molar-refractivity contribution in [2.24, 2.45) is 0 Å². The molecule has 1 aromatic carbocycles. The number of urea groups is 1. The predicted molar refractivity (Wildman–Crippen MR) is 81.4 cm³/mol. The van der Waals surface area contributed by atoms with E-state index < -0.39 is 0 Å². The molecular formula is C15H21ClN2O2. The van der Waals surface area contributed by atoms with Crippen LogP contribution in [-0.4, -0.2) is 25.3 Å². The minimum atomic E-state index is -0.209. The molecule has 20 heavy (non-hydrogen) atoms. The Bertz CT molecular complexity index is 479. The molecular weight excluding hydrogens is 276 g/mol. The van der Waals surface area contributed by atoms with E-state index in [9.17, 15) is 4.79 Å². The SMILES string of the molecule is COC1CCCCC1NC(=O)Nc1ccc(C)c(Cl)c1. The fraction of sp³-hybridized carbons (Fsp3) is 0.533. The van der Waals surface area contributed by atoms with Crippen LogP contribution >= 0.6 is 11.6 Å². The standard InChI is InChI=1S/C15H21ClN2O2/c1-10-7-8-11(9-12(10)16)17-15(19)18-13-5-3-4-6-14(13)20-2/h7-9,13-14H,3-6H2,1-2H3,(H2,17,18,19). The number of carbonyl (C=O) groups is 1. The van der Waals surface area contributed by atoms with Crippen LogP contribution < -0.4 is 10.6 Å². The topological polar surface area (TPSA) is 50.4 Å². The van der Waals surface area contributed by atoms with E-state index in [2.05, 4.69) is 10.6 Å². The van der Waals surface area contributed by atoms with Crippen LogP contribution in [0.25, 0.3) is 0 Å². The van der Waals surface area contributed by atoms with Crippen LogP contribution in [0.2, 0.25) is 5.02 Å². The maximum absolute atomic E-state index is 12.0. The van der Waals surface area contributed by atoms with Gasteiger partial charge in [-0.1, -0.05) is 30.5 Å². The molecule has 2 N–H and O–H groups in total. The summed E-state index contributed by atoms with van der Waals surface area (Å²) in [5, 5.41) is 6.44. The molecule has 2 unspecified atom stereocenters. The van der Waals surface area contributed by atoms with Crippen molar-refractivity contribution >= 4 is 23.3 Å². The lowest BCUT2D eigenvalue weighted by Gasteiger charge is -2.31. The highest BCUT2D eigenvalue weighted by atomic mass is 35.5. The van der Waals surface area contributed by atoms with Gasteiger partial charge in [0.2, 0.25) is 0 Å². The van der Waals surface area contributed by atoms with Gasteiger partial charge in [0, 0.05) is 17.8 Å². The Morgan fingerprint density at radius 3 is 2.80 bits per heavy atom. The Labute approximate surface area is 124 Å². The van der Waals surface area contributed by atoms with E-state index >= 15 is 0 Å². The van der Waals surface area contributed by atoms with E-state index in [1.807, 2.05) is 19.1 Å². The predicted octanol–water partition coefficient (Wildman–Crippen LogP) is 3.73. The number of hydrogen-bond donors (Lipinski definition) is 2. The zero-order valence-electron chi connectivity index (χ0n) is 11.9. The molecule has 0 spiro atoms. The van der Waals surface area contributed by atoms with Gasteiger partial charge in [-0.05, 0) is 37.5 Å². The van der Waals surface area contributed by atoms with E-state index in [1.165, 1.54) is 0 Å². The summed E-state index contributed by atoms with van der Waals surface area (Å²) in [5.41, 5.74) is 1.69. The van der Waals surface area contributed by atoms with Gasteiger partial charge in [0.1, 0.15) is 0 Å². The van der Waals surface area contributed by atoms with Crippen molar-refractivity contribution in [3.63, 3.8) is 0 Å². The van der Waals surface area contributed by atoms with Gasteiger partial charge in [-0.2, -0.15) is 0 Å². The summed E-state index contributed by atoms with van der Waals surface area (Å²) >= 11 is 6.04. The monoisotopic (exact) mass is 296 g/mol. The minimum absolute atomic E-state index is 0.0784. The fourth-order valence-electron chi connectivity index (χ4n) is 2.55. The first-order valence-corrected chi connectivity index (χ1v) is 7.34. The molecule has 0 saturated heterocycles. The Morgan fingerprint density at radius 1 is 1.35 bits per heavy atom. The number of rotatable bonds is 3. The maximum Gasteiger partial charge on any atom is 0.319 e. The number of ether oxygens (including phenoxy) is 1. The molecule has 1 aromatic rings. The van der Waals surface area contributed by atoms with Crippen molar-refractivity contribution in [2.75, 3.05) is 12.4 Å². The van der Waals surface area contributed by atoms with Crippen LogP contribution in [0.3, 0.4) is 0 Å². The van der Waals surface area contributed by atoms with Gasteiger partial charge in [0.25, 0.3) is 0 Å². The molecule has 1 saturated carbocycles. The summed E-state index contributed by atoms with van der Waals surface area (Å²) < 4.78 is 5.43. The van der Waals surface area contributed by atoms with Crippen LogP contribution in [0, 0.1) is 6.92 Å². The van der Waals surface area contributed by atoms with Crippen LogP contribution in [0.15, 0.2) is 18.2 Å². The Morgan fingerprint density at radius 2 is 2.10 bits per heavy atom. The lowest BCUT2D eigenvalue weighted by Crippen LogP contribution is -2.47. The van der Waals surface area contributed by atoms with Crippen LogP contribution in [0.5, 0.6) is 0 Å². The summed E-state index contributed by atoms with van der Waals surface area (Å²) in [6.07, 6.45) is 4.35. The van der Waals surface area contributed by atoms with E-state index in [0.717, 1.165) is 31.2 Å². The number of benzene rings is 1. The molecule has 0 radical (unpaired) electrons. The van der Waals surface area contributed by atoms with Crippen molar-refractivity contribution in [2.45, 2.75) is 44.8 Å². The molecule has 0 aromatic heterocycles. The van der Waals surface area contributed by atoms with Crippen molar-refractivity contribution in [3.8, 4) is 0 Å². The van der Waals surface area contributed by atoms with E-state index in [4.69, 9.17) is 16.3 Å². The van der Waals surface area contributed by atoms with Crippen LogP contribution in [0.4, 0.5) is 10.5 Å². The van der Waals surface area contributed by atoms with Gasteiger partial charge < -0.3 is 15.4 Å². The minimum Gasteiger partial charge on any atom is -0.379 e. The molecule has 5 heteroatoms. The molecule has 1 aliphatic carbocycles. The van der Waals surface area contributed by atoms with Crippen molar-refractivity contribution in [3.05, 3.63) is 28.8 Å². The largest absolute Gasteiger partial charge is 0.379 e. The number of nitrogens with one attached hydrogen (secondary N) is 2. The average molecular weight is 297 g/mol. The number of hydrogen-bond acceptors (Lipinski definition) is 2. The van der Waals surface area contributed by atoms with Gasteiger partial charge in [0.05, 0.1) is 12.1 Å². The van der Waals surface area contributed by atoms with Crippen LogP contribution in [0.1, 0.15) is 31.2 Å². The molecule has 4 nitrogen and oxygen atoms in total. The molecule has 2 amide bonds. The maximum atomic E-state index is 12.0. The van der Waals surface area contributed by atoms with Gasteiger partial charge >= 0.3 is 6.03 Å². The van der Waals surface area contributed by atoms with Gasteiger partial charge in [-0.15, -0.1) is 0 Å². The molecule has 1 fully saturated rings. The van der Waals surface area contributed by atoms with E-state index in [0.29, 0.717) is 10.7 Å². The highest BCUT2D eigenvalue weighted by Gasteiger charge is 2.26. The smallest absolute Gasteiger partial charge is 0.319 e. The van der Waals surface area contributed by atoms with Crippen molar-refractivity contribution in [1.82, 2.24) is 5.32 Å². The number of aryl methyl sites for hydroxylation is 1. The second kappa shape index (κ2) is 6.95. The first-order valence-electron chi connectivity index (χ1n) is 6.96.